The maximum Gasteiger partial charge on any atom is 0.251 e. The van der Waals surface area contributed by atoms with Gasteiger partial charge in [-0.2, -0.15) is 15.6 Å². The van der Waals surface area contributed by atoms with E-state index in [0.717, 1.165) is 5.56 Å². The number of nitrogens with one attached hydrogen (secondary N) is 1. The minimum absolute atomic E-state index is 0.175. The van der Waals surface area contributed by atoms with E-state index in [-0.39, 0.29) is 16.9 Å². The van der Waals surface area contributed by atoms with E-state index in [1.165, 1.54) is 28.6 Å². The number of thiophene rings is 1. The molecule has 1 aliphatic rings. The fourth-order valence-electron chi connectivity index (χ4n) is 2.80. The fraction of sp³-hybridized carbons (Fsp3) is 0.389. The number of nitrogens with zero attached hydrogens (tertiary/aromatic N) is 1. The molecule has 1 fully saturated rings. The summed E-state index contributed by atoms with van der Waals surface area (Å²) in [7, 11) is -1.96. The van der Waals surface area contributed by atoms with Crippen molar-refractivity contribution in [1.29, 1.82) is 0 Å². The van der Waals surface area contributed by atoms with Gasteiger partial charge in [0.15, 0.2) is 0 Å². The van der Waals surface area contributed by atoms with Crippen molar-refractivity contribution in [1.82, 2.24) is 9.62 Å². The summed E-state index contributed by atoms with van der Waals surface area (Å²) in [6.45, 7) is 1.80. The maximum atomic E-state index is 12.6. The standard InChI is InChI=1S/C18H22N2O5S2/c1-24-17(15-6-11-26-13-15)12-19-18(21)14-2-4-16(5-3-14)27(22,23)20-7-9-25-10-8-20/h2-6,11,13,17H,7-10,12H2,1H3,(H,19,21). The second-order valence-corrected chi connectivity index (χ2v) is 8.75. The number of morpholine rings is 1. The van der Waals surface area contributed by atoms with Gasteiger partial charge in [-0.25, -0.2) is 8.42 Å². The first kappa shape index (κ1) is 20.0. The Morgan fingerprint density at radius 1 is 1.26 bits per heavy atom. The molecule has 1 aliphatic heterocycles. The highest BCUT2D eigenvalue weighted by atomic mass is 32.2. The summed E-state index contributed by atoms with van der Waals surface area (Å²) in [5, 5.41) is 6.76. The van der Waals surface area contributed by atoms with Gasteiger partial charge in [0.05, 0.1) is 18.1 Å². The minimum Gasteiger partial charge on any atom is -0.379 e. The van der Waals surface area contributed by atoms with Crippen LogP contribution >= 0.6 is 11.3 Å². The Morgan fingerprint density at radius 3 is 2.56 bits per heavy atom. The number of amides is 1. The lowest BCUT2D eigenvalue weighted by atomic mass is 10.1. The molecule has 1 aromatic heterocycles. The summed E-state index contributed by atoms with van der Waals surface area (Å²) in [5.41, 5.74) is 1.41. The number of hydrogen-bond donors (Lipinski definition) is 1. The Labute approximate surface area is 163 Å². The van der Waals surface area contributed by atoms with Crippen LogP contribution in [0, 0.1) is 0 Å². The third-order valence-electron chi connectivity index (χ3n) is 4.37. The first-order chi connectivity index (χ1) is 13.0. The van der Waals surface area contributed by atoms with Gasteiger partial charge in [0.25, 0.3) is 5.91 Å². The molecule has 0 bridgehead atoms. The topological polar surface area (TPSA) is 84.9 Å². The van der Waals surface area contributed by atoms with Crippen LogP contribution in [0.2, 0.25) is 0 Å². The molecule has 1 N–H and O–H groups in total. The Hall–Kier alpha value is -1.78. The minimum atomic E-state index is -3.56. The van der Waals surface area contributed by atoms with E-state index in [0.29, 0.717) is 38.4 Å². The van der Waals surface area contributed by atoms with Crippen molar-refractivity contribution in [2.45, 2.75) is 11.0 Å². The predicted octanol–water partition coefficient (Wildman–Crippen LogP) is 1.89. The smallest absolute Gasteiger partial charge is 0.251 e. The number of benzene rings is 1. The van der Waals surface area contributed by atoms with E-state index < -0.39 is 10.0 Å². The second kappa shape index (κ2) is 8.94. The van der Waals surface area contributed by atoms with E-state index in [1.807, 2.05) is 16.8 Å². The third kappa shape index (κ3) is 4.74. The van der Waals surface area contributed by atoms with E-state index in [9.17, 15) is 13.2 Å². The zero-order valence-corrected chi connectivity index (χ0v) is 16.6. The molecule has 1 saturated heterocycles. The number of ether oxygens (including phenoxy) is 2. The highest BCUT2D eigenvalue weighted by molar-refractivity contribution is 7.89. The molecule has 0 aliphatic carbocycles. The van der Waals surface area contributed by atoms with Crippen molar-refractivity contribution < 1.29 is 22.7 Å². The van der Waals surface area contributed by atoms with Gasteiger partial charge in [-0.3, -0.25) is 4.79 Å². The van der Waals surface area contributed by atoms with Crippen molar-refractivity contribution in [2.75, 3.05) is 40.0 Å². The molecular weight excluding hydrogens is 388 g/mol. The molecular formula is C18H22N2O5S2. The molecule has 27 heavy (non-hydrogen) atoms. The Balaban J connectivity index is 1.63. The van der Waals surface area contributed by atoms with Gasteiger partial charge < -0.3 is 14.8 Å². The Kier molecular flexibility index (Phi) is 6.61. The van der Waals surface area contributed by atoms with Crippen LogP contribution in [0.4, 0.5) is 0 Å². The first-order valence-electron chi connectivity index (χ1n) is 8.53. The zero-order valence-electron chi connectivity index (χ0n) is 15.0. The molecule has 3 rings (SSSR count). The highest BCUT2D eigenvalue weighted by Crippen LogP contribution is 2.20. The molecule has 0 saturated carbocycles. The van der Waals surface area contributed by atoms with E-state index in [4.69, 9.17) is 9.47 Å². The highest BCUT2D eigenvalue weighted by Gasteiger charge is 2.26. The van der Waals surface area contributed by atoms with Crippen molar-refractivity contribution in [3.05, 3.63) is 52.2 Å². The Morgan fingerprint density at radius 2 is 1.96 bits per heavy atom. The molecule has 7 nitrogen and oxygen atoms in total. The van der Waals surface area contributed by atoms with Crippen LogP contribution in [0.15, 0.2) is 46.0 Å². The monoisotopic (exact) mass is 410 g/mol. The van der Waals surface area contributed by atoms with Gasteiger partial charge in [0.1, 0.15) is 6.10 Å². The number of carbonyl (C=O) groups is 1. The third-order valence-corrected chi connectivity index (χ3v) is 6.99. The molecule has 1 unspecified atom stereocenters. The molecule has 2 aromatic rings. The van der Waals surface area contributed by atoms with E-state index in [2.05, 4.69) is 5.32 Å². The summed E-state index contributed by atoms with van der Waals surface area (Å²) in [4.78, 5) is 12.5. The van der Waals surface area contributed by atoms with Crippen LogP contribution in [0.25, 0.3) is 0 Å². The van der Waals surface area contributed by atoms with Gasteiger partial charge in [0.2, 0.25) is 10.0 Å². The summed E-state index contributed by atoms with van der Waals surface area (Å²) >= 11 is 1.57. The SMILES string of the molecule is COC(CNC(=O)c1ccc(S(=O)(=O)N2CCOCC2)cc1)c1ccsc1. The molecule has 1 amide bonds. The van der Waals surface area contributed by atoms with Crippen LogP contribution in [0.5, 0.6) is 0 Å². The predicted molar refractivity (Wildman–Crippen MR) is 102 cm³/mol. The largest absolute Gasteiger partial charge is 0.379 e. The lowest BCUT2D eigenvalue weighted by Gasteiger charge is -2.26. The summed E-state index contributed by atoms with van der Waals surface area (Å²) in [6.07, 6.45) is -0.221. The number of sulfonamides is 1. The lowest BCUT2D eigenvalue weighted by Crippen LogP contribution is -2.40. The van der Waals surface area contributed by atoms with Crippen LogP contribution < -0.4 is 5.32 Å². The van der Waals surface area contributed by atoms with Crippen molar-refractivity contribution >= 4 is 27.3 Å². The summed E-state index contributed by atoms with van der Waals surface area (Å²) in [5.74, 6) is -0.275. The normalized spacial score (nSPS) is 16.8. The molecule has 2 heterocycles. The van der Waals surface area contributed by atoms with Gasteiger partial charge in [-0.1, -0.05) is 0 Å². The average Bonchev–Trinajstić information content (AvgIpc) is 3.24. The summed E-state index contributed by atoms with van der Waals surface area (Å²) < 4.78 is 37.2. The molecule has 1 atom stereocenters. The van der Waals surface area contributed by atoms with Crippen molar-refractivity contribution in [2.24, 2.45) is 0 Å². The number of rotatable bonds is 7. The maximum absolute atomic E-state index is 12.6. The molecule has 1 aromatic carbocycles. The lowest BCUT2D eigenvalue weighted by molar-refractivity contribution is 0.0730. The van der Waals surface area contributed by atoms with Crippen LogP contribution in [-0.4, -0.2) is 58.6 Å². The van der Waals surface area contributed by atoms with Crippen LogP contribution in [0.3, 0.4) is 0 Å². The van der Waals surface area contributed by atoms with Crippen LogP contribution in [-0.2, 0) is 19.5 Å². The number of carbonyl (C=O) groups excluding carboxylic acids is 1. The summed E-state index contributed by atoms with van der Waals surface area (Å²) in [6, 6.07) is 7.93. The van der Waals surface area contributed by atoms with Crippen molar-refractivity contribution in [3.63, 3.8) is 0 Å². The van der Waals surface area contributed by atoms with Gasteiger partial charge in [0, 0.05) is 32.3 Å². The van der Waals surface area contributed by atoms with Crippen molar-refractivity contribution in [3.8, 4) is 0 Å². The van der Waals surface area contributed by atoms with E-state index >= 15 is 0 Å². The van der Waals surface area contributed by atoms with Gasteiger partial charge in [-0.05, 0) is 46.7 Å². The van der Waals surface area contributed by atoms with Gasteiger partial charge in [-0.15, -0.1) is 0 Å². The molecule has 9 heteroatoms. The molecule has 0 spiro atoms. The number of hydrogen-bond acceptors (Lipinski definition) is 6. The van der Waals surface area contributed by atoms with Gasteiger partial charge >= 0.3 is 0 Å². The number of methoxy groups -OCH3 is 1. The Bertz CT molecular complexity index is 844. The van der Waals surface area contributed by atoms with E-state index in [1.54, 1.807) is 18.4 Å². The molecule has 146 valence electrons. The average molecular weight is 411 g/mol. The van der Waals surface area contributed by atoms with Crippen LogP contribution in [0.1, 0.15) is 22.0 Å². The molecule has 0 radical (unpaired) electrons. The zero-order chi connectivity index (χ0) is 19.3. The fourth-order valence-corrected chi connectivity index (χ4v) is 4.91. The quantitative estimate of drug-likeness (QED) is 0.753. The second-order valence-electron chi connectivity index (χ2n) is 6.03. The first-order valence-corrected chi connectivity index (χ1v) is 10.9.